The molecule has 0 spiro atoms. The van der Waals surface area contributed by atoms with Gasteiger partial charge in [0.05, 0.1) is 0 Å². The Hall–Kier alpha value is -1.03. The van der Waals surface area contributed by atoms with E-state index in [1.54, 1.807) is 0 Å². The van der Waals surface area contributed by atoms with Crippen molar-refractivity contribution < 1.29 is 18.3 Å². The van der Waals surface area contributed by atoms with Gasteiger partial charge in [-0.15, -0.1) is 0 Å². The molecule has 1 aromatic rings. The molecule has 4 heteroatoms. The minimum absolute atomic E-state index is 1.33. The minimum atomic E-state index is -4.12. The Morgan fingerprint density at radius 1 is 1.07 bits per heavy atom. The Morgan fingerprint density at radius 3 is 1.43 bits per heavy atom. The molecule has 0 bridgehead atoms. The van der Waals surface area contributed by atoms with Crippen LogP contribution >= 0.6 is 0 Å². The topological polar surface area (TPSA) is 20.2 Å². The lowest BCUT2D eigenvalue weighted by Crippen LogP contribution is -2.15. The number of hydrogen-bond donors (Lipinski definition) is 1. The fraction of sp³-hybridized carbons (Fsp3) is 0.400. The summed E-state index contributed by atoms with van der Waals surface area (Å²) in [5.74, 6) is 0. The molecule has 80 valence electrons. The Bertz CT molecular complexity index is 230. The summed E-state index contributed by atoms with van der Waals surface area (Å²) < 4.78 is 31.8. The van der Waals surface area contributed by atoms with Gasteiger partial charge in [-0.25, -0.2) is 4.39 Å². The smallest absolute Gasteiger partial charge is 0.334 e. The standard InChI is InChI=1S/C8H10.C2H3F3O/c1-7-3-5-8(2)6-4-7;3-1-2(4,5)6/h3-6H,1-2H3;6H,1H2. The fourth-order valence-corrected chi connectivity index (χ4v) is 0.637. The molecular formula is C10H13F3O. The van der Waals surface area contributed by atoms with Crippen molar-refractivity contribution >= 4 is 0 Å². The van der Waals surface area contributed by atoms with E-state index < -0.39 is 12.8 Å². The van der Waals surface area contributed by atoms with Gasteiger partial charge in [0.1, 0.15) is 0 Å². The van der Waals surface area contributed by atoms with Crippen LogP contribution in [0.4, 0.5) is 13.2 Å². The van der Waals surface area contributed by atoms with E-state index in [4.69, 9.17) is 5.11 Å². The van der Waals surface area contributed by atoms with Crippen molar-refractivity contribution in [2.24, 2.45) is 0 Å². The van der Waals surface area contributed by atoms with E-state index in [0.717, 1.165) is 0 Å². The highest BCUT2D eigenvalue weighted by Crippen LogP contribution is 2.06. The molecule has 0 saturated carbocycles. The minimum Gasteiger partial charge on any atom is -0.334 e. The molecule has 0 aliphatic rings. The van der Waals surface area contributed by atoms with Crippen LogP contribution in [-0.4, -0.2) is 17.9 Å². The number of halogens is 3. The zero-order valence-corrected chi connectivity index (χ0v) is 8.10. The van der Waals surface area contributed by atoms with Crippen molar-refractivity contribution in [2.45, 2.75) is 20.0 Å². The Kier molecular flexibility index (Phi) is 5.23. The van der Waals surface area contributed by atoms with Crippen molar-refractivity contribution in [2.75, 3.05) is 6.67 Å². The van der Waals surface area contributed by atoms with E-state index in [9.17, 15) is 13.2 Å². The van der Waals surface area contributed by atoms with Gasteiger partial charge in [-0.05, 0) is 13.8 Å². The number of alkyl halides is 3. The molecule has 1 nitrogen and oxygen atoms in total. The molecule has 1 N–H and O–H groups in total. The van der Waals surface area contributed by atoms with Crippen LogP contribution in [0.3, 0.4) is 0 Å². The summed E-state index contributed by atoms with van der Waals surface area (Å²) in [5, 5.41) is 7.12. The molecule has 0 saturated heterocycles. The van der Waals surface area contributed by atoms with E-state index in [2.05, 4.69) is 38.1 Å². The molecular weight excluding hydrogens is 193 g/mol. The van der Waals surface area contributed by atoms with Crippen LogP contribution in [0.15, 0.2) is 24.3 Å². The van der Waals surface area contributed by atoms with Gasteiger partial charge in [-0.3, -0.25) is 0 Å². The first-order valence-electron chi connectivity index (χ1n) is 4.04. The quantitative estimate of drug-likeness (QED) is 0.749. The molecule has 1 rings (SSSR count). The molecule has 0 amide bonds. The fourth-order valence-electron chi connectivity index (χ4n) is 0.637. The summed E-state index contributed by atoms with van der Waals surface area (Å²) in [6.45, 7) is 2.19. The van der Waals surface area contributed by atoms with Gasteiger partial charge in [0.25, 0.3) is 0 Å². The molecule has 0 heterocycles. The van der Waals surface area contributed by atoms with Gasteiger partial charge >= 0.3 is 6.11 Å². The second-order valence-electron chi connectivity index (χ2n) is 2.95. The van der Waals surface area contributed by atoms with Gasteiger partial charge in [-0.1, -0.05) is 35.4 Å². The predicted molar refractivity (Wildman–Crippen MR) is 49.1 cm³/mol. The second-order valence-corrected chi connectivity index (χ2v) is 2.95. The Balaban J connectivity index is 0.000000255. The lowest BCUT2D eigenvalue weighted by Gasteiger charge is -1.97. The molecule has 14 heavy (non-hydrogen) atoms. The van der Waals surface area contributed by atoms with Crippen molar-refractivity contribution in [3.8, 4) is 0 Å². The first-order valence-corrected chi connectivity index (χ1v) is 4.04. The van der Waals surface area contributed by atoms with E-state index in [1.165, 1.54) is 11.1 Å². The van der Waals surface area contributed by atoms with Crippen LogP contribution in [0, 0.1) is 13.8 Å². The maximum absolute atomic E-state index is 10.6. The van der Waals surface area contributed by atoms with Gasteiger partial charge in [-0.2, -0.15) is 8.78 Å². The molecule has 0 aromatic heterocycles. The Morgan fingerprint density at radius 2 is 1.29 bits per heavy atom. The van der Waals surface area contributed by atoms with Crippen molar-refractivity contribution in [3.05, 3.63) is 35.4 Å². The maximum atomic E-state index is 10.6. The lowest BCUT2D eigenvalue weighted by atomic mass is 10.2. The van der Waals surface area contributed by atoms with Gasteiger partial charge < -0.3 is 5.11 Å². The normalized spacial score (nSPS) is 10.4. The number of benzene rings is 1. The van der Waals surface area contributed by atoms with Gasteiger partial charge in [0.2, 0.25) is 0 Å². The van der Waals surface area contributed by atoms with E-state index in [-0.39, 0.29) is 0 Å². The molecule has 1 aromatic carbocycles. The highest BCUT2D eigenvalue weighted by atomic mass is 19.3. The van der Waals surface area contributed by atoms with Crippen LogP contribution in [0.25, 0.3) is 0 Å². The average Bonchev–Trinajstić information content (AvgIpc) is 2.10. The zero-order chi connectivity index (χ0) is 11.2. The van der Waals surface area contributed by atoms with Crippen LogP contribution in [0.2, 0.25) is 0 Å². The van der Waals surface area contributed by atoms with E-state index in [0.29, 0.717) is 0 Å². The number of rotatable bonds is 1. The highest BCUT2D eigenvalue weighted by molar-refractivity contribution is 5.19. The maximum Gasteiger partial charge on any atom is 0.381 e. The molecule has 0 fully saturated rings. The van der Waals surface area contributed by atoms with Gasteiger partial charge in [0.15, 0.2) is 6.67 Å². The highest BCUT2D eigenvalue weighted by Gasteiger charge is 2.22. The second kappa shape index (κ2) is 5.65. The van der Waals surface area contributed by atoms with Crippen LogP contribution in [0.5, 0.6) is 0 Å². The lowest BCUT2D eigenvalue weighted by molar-refractivity contribution is -0.208. The predicted octanol–water partition coefficient (Wildman–Crippen LogP) is 2.84. The molecule has 0 aliphatic heterocycles. The van der Waals surface area contributed by atoms with Crippen LogP contribution in [0.1, 0.15) is 11.1 Å². The third kappa shape index (κ3) is 7.61. The summed E-state index contributed by atoms with van der Waals surface area (Å²) in [5.41, 5.74) is 2.66. The largest absolute Gasteiger partial charge is 0.381 e. The zero-order valence-electron chi connectivity index (χ0n) is 8.10. The summed E-state index contributed by atoms with van der Waals surface area (Å²) in [6, 6.07) is 8.48. The van der Waals surface area contributed by atoms with Crippen molar-refractivity contribution in [1.82, 2.24) is 0 Å². The Labute approximate surface area is 81.2 Å². The third-order valence-electron chi connectivity index (χ3n) is 1.38. The molecule has 0 unspecified atom stereocenters. The van der Waals surface area contributed by atoms with E-state index >= 15 is 0 Å². The first-order chi connectivity index (χ1) is 6.35. The first kappa shape index (κ1) is 13.0. The van der Waals surface area contributed by atoms with Gasteiger partial charge in [0, 0.05) is 0 Å². The SMILES string of the molecule is Cc1ccc(C)cc1.OC(F)(F)CF. The number of aliphatic hydroxyl groups is 1. The summed E-state index contributed by atoms with van der Waals surface area (Å²) in [7, 11) is 0. The van der Waals surface area contributed by atoms with Crippen molar-refractivity contribution in [1.29, 1.82) is 0 Å². The average molecular weight is 206 g/mol. The van der Waals surface area contributed by atoms with Crippen LogP contribution in [-0.2, 0) is 0 Å². The monoisotopic (exact) mass is 206 g/mol. The third-order valence-corrected chi connectivity index (χ3v) is 1.38. The number of aryl methyl sites for hydroxylation is 2. The van der Waals surface area contributed by atoms with Crippen LogP contribution < -0.4 is 0 Å². The molecule has 0 radical (unpaired) electrons. The summed E-state index contributed by atoms with van der Waals surface area (Å²) in [6.07, 6.45) is -4.12. The summed E-state index contributed by atoms with van der Waals surface area (Å²) in [4.78, 5) is 0. The van der Waals surface area contributed by atoms with E-state index in [1.807, 2.05) is 0 Å². The molecule has 0 aliphatic carbocycles. The molecule has 0 atom stereocenters. The summed E-state index contributed by atoms with van der Waals surface area (Å²) >= 11 is 0. The van der Waals surface area contributed by atoms with Crippen molar-refractivity contribution in [3.63, 3.8) is 0 Å². The number of hydrogen-bond acceptors (Lipinski definition) is 1.